The molecule has 5 rings (SSSR count). The van der Waals surface area contributed by atoms with Crippen molar-refractivity contribution in [3.8, 4) is 11.8 Å². The molecule has 11 heteroatoms. The smallest absolute Gasteiger partial charge is 0.305 e. The second-order valence-electron chi connectivity index (χ2n) is 7.74. The normalized spacial score (nSPS) is 11.2. The maximum atomic E-state index is 12.9. The average molecular weight is 509 g/mol. The molecule has 37 heavy (non-hydrogen) atoms. The Bertz CT molecular complexity index is 1740. The zero-order chi connectivity index (χ0) is 25.8. The number of aliphatic imine (C=N–C) groups is 1. The standard InChI is InChI=1S/C26H17ClN8O2/c27-19-3-1-2-4-20(19)31-24(21-11-12-29-15-30-21)33-34-25(36)17-6-8-18(9-7-17)35-23-10-5-16(14-28)13-22(23)32-26(35)37/h1-13,15H,(H,31,33)(H,32,37)(H,34,36). The van der Waals surface area contributed by atoms with Gasteiger partial charge in [0.25, 0.3) is 5.91 Å². The third-order valence-corrected chi connectivity index (χ3v) is 5.72. The van der Waals surface area contributed by atoms with Crippen LogP contribution in [0, 0.1) is 11.3 Å². The fraction of sp³-hybridized carbons (Fsp3) is 0. The molecule has 0 aliphatic rings. The number of hydrazine groups is 1. The molecule has 10 nitrogen and oxygen atoms in total. The molecule has 5 aromatic rings. The van der Waals surface area contributed by atoms with Crippen molar-refractivity contribution in [2.75, 3.05) is 0 Å². The van der Waals surface area contributed by atoms with E-state index in [1.54, 1.807) is 79.0 Å². The summed E-state index contributed by atoms with van der Waals surface area (Å²) in [5.74, 6) is -0.167. The molecule has 0 saturated heterocycles. The zero-order valence-corrected chi connectivity index (χ0v) is 19.8. The molecule has 2 heterocycles. The molecule has 0 unspecified atom stereocenters. The highest BCUT2D eigenvalue weighted by atomic mass is 35.5. The predicted octanol–water partition coefficient (Wildman–Crippen LogP) is 3.65. The van der Waals surface area contributed by atoms with Crippen molar-refractivity contribution < 1.29 is 4.79 Å². The predicted molar refractivity (Wildman–Crippen MR) is 139 cm³/mol. The van der Waals surface area contributed by atoms with E-state index in [2.05, 4.69) is 36.9 Å². The van der Waals surface area contributed by atoms with E-state index in [9.17, 15) is 9.59 Å². The Labute approximate surface area is 214 Å². The molecule has 0 atom stereocenters. The van der Waals surface area contributed by atoms with Crippen LogP contribution in [0.3, 0.4) is 0 Å². The van der Waals surface area contributed by atoms with Crippen molar-refractivity contribution in [2.24, 2.45) is 4.99 Å². The lowest BCUT2D eigenvalue weighted by Crippen LogP contribution is -2.42. The number of para-hydroxylation sites is 1. The topological polar surface area (TPSA) is 141 Å². The van der Waals surface area contributed by atoms with Gasteiger partial charge < -0.3 is 4.98 Å². The van der Waals surface area contributed by atoms with E-state index in [1.165, 1.54) is 10.9 Å². The molecule has 180 valence electrons. The number of aromatic amines is 1. The molecule has 0 aliphatic carbocycles. The van der Waals surface area contributed by atoms with Crippen molar-refractivity contribution >= 4 is 40.1 Å². The summed E-state index contributed by atoms with van der Waals surface area (Å²) in [6.07, 6.45) is 2.92. The van der Waals surface area contributed by atoms with Crippen LogP contribution in [0.4, 0.5) is 5.69 Å². The van der Waals surface area contributed by atoms with Gasteiger partial charge in [-0.25, -0.2) is 19.8 Å². The lowest BCUT2D eigenvalue weighted by Gasteiger charge is -2.12. The van der Waals surface area contributed by atoms with Crippen molar-refractivity contribution in [1.82, 2.24) is 30.4 Å². The van der Waals surface area contributed by atoms with Crippen LogP contribution in [-0.4, -0.2) is 31.3 Å². The molecule has 1 amide bonds. The number of hydrogen-bond donors (Lipinski definition) is 3. The van der Waals surface area contributed by atoms with Crippen LogP contribution in [0.1, 0.15) is 21.6 Å². The lowest BCUT2D eigenvalue weighted by molar-refractivity contribution is 0.0944. The number of H-pyrrole nitrogens is 1. The number of nitriles is 1. The highest BCUT2D eigenvalue weighted by Gasteiger charge is 2.13. The van der Waals surface area contributed by atoms with Gasteiger partial charge in [0.15, 0.2) is 5.84 Å². The molecule has 0 saturated carbocycles. The Kier molecular flexibility index (Phi) is 6.44. The molecule has 2 aromatic heterocycles. The van der Waals surface area contributed by atoms with Gasteiger partial charge in [0.05, 0.1) is 39.1 Å². The molecule has 3 aromatic carbocycles. The summed E-state index contributed by atoms with van der Waals surface area (Å²) in [7, 11) is 0. The largest absolute Gasteiger partial charge is 0.331 e. The molecular weight excluding hydrogens is 492 g/mol. The fourth-order valence-electron chi connectivity index (χ4n) is 3.63. The number of carbonyl (C=O) groups excluding carboxylic acids is 1. The molecule has 0 aliphatic heterocycles. The minimum Gasteiger partial charge on any atom is -0.305 e. The average Bonchev–Trinajstić information content (AvgIpc) is 3.27. The van der Waals surface area contributed by atoms with Gasteiger partial charge in [0.2, 0.25) is 0 Å². The third kappa shape index (κ3) is 4.93. The zero-order valence-electron chi connectivity index (χ0n) is 19.0. The number of nitrogens with zero attached hydrogens (tertiary/aromatic N) is 5. The van der Waals surface area contributed by atoms with Crippen molar-refractivity contribution in [3.63, 3.8) is 0 Å². The molecular formula is C26H17ClN8O2. The van der Waals surface area contributed by atoms with Crippen LogP contribution in [0.15, 0.2) is 95.1 Å². The first kappa shape index (κ1) is 23.5. The quantitative estimate of drug-likeness (QED) is 0.192. The van der Waals surface area contributed by atoms with Gasteiger partial charge in [-0.3, -0.25) is 20.2 Å². The number of halogens is 1. The van der Waals surface area contributed by atoms with Crippen LogP contribution in [0.5, 0.6) is 0 Å². The first-order chi connectivity index (χ1) is 18.0. The Morgan fingerprint density at radius 2 is 1.86 bits per heavy atom. The van der Waals surface area contributed by atoms with E-state index in [0.29, 0.717) is 44.3 Å². The number of hydrogen-bond acceptors (Lipinski definition) is 6. The third-order valence-electron chi connectivity index (χ3n) is 5.40. The number of nitrogens with one attached hydrogen (secondary N) is 3. The second kappa shape index (κ2) is 10.2. The monoisotopic (exact) mass is 508 g/mol. The van der Waals surface area contributed by atoms with Gasteiger partial charge in [0, 0.05) is 11.8 Å². The van der Waals surface area contributed by atoms with E-state index in [1.807, 2.05) is 0 Å². The SMILES string of the molecule is N#Cc1ccc2c(c1)[nH]c(=O)n2-c1ccc(C(=O)NN/C(=N/c2ccccc2Cl)c2ccncn2)cc1. The summed E-state index contributed by atoms with van der Waals surface area (Å²) in [5, 5.41) is 9.53. The van der Waals surface area contributed by atoms with E-state index in [-0.39, 0.29) is 11.5 Å². The number of benzene rings is 3. The maximum Gasteiger partial charge on any atom is 0.331 e. The summed E-state index contributed by atoms with van der Waals surface area (Å²) in [6.45, 7) is 0. The van der Waals surface area contributed by atoms with Gasteiger partial charge in [-0.05, 0) is 60.7 Å². The highest BCUT2D eigenvalue weighted by Crippen LogP contribution is 2.24. The summed E-state index contributed by atoms with van der Waals surface area (Å²) in [4.78, 5) is 40.7. The molecule has 0 radical (unpaired) electrons. The number of imidazole rings is 1. The Balaban J connectivity index is 1.37. The van der Waals surface area contributed by atoms with Gasteiger partial charge in [-0.15, -0.1) is 0 Å². The van der Waals surface area contributed by atoms with E-state index >= 15 is 0 Å². The minimum absolute atomic E-state index is 0.266. The van der Waals surface area contributed by atoms with Crippen molar-refractivity contribution in [3.05, 3.63) is 118 Å². The van der Waals surface area contributed by atoms with Crippen LogP contribution >= 0.6 is 11.6 Å². The Morgan fingerprint density at radius 3 is 2.59 bits per heavy atom. The number of rotatable bonds is 4. The summed E-state index contributed by atoms with van der Waals surface area (Å²) < 4.78 is 1.47. The van der Waals surface area contributed by atoms with Crippen molar-refractivity contribution in [2.45, 2.75) is 0 Å². The number of amidine groups is 1. The van der Waals surface area contributed by atoms with E-state index < -0.39 is 5.91 Å². The number of aromatic nitrogens is 4. The second-order valence-corrected chi connectivity index (χ2v) is 8.15. The van der Waals surface area contributed by atoms with E-state index in [0.717, 1.165) is 0 Å². The molecule has 3 N–H and O–H groups in total. The van der Waals surface area contributed by atoms with Gasteiger partial charge in [-0.2, -0.15) is 5.26 Å². The molecule has 0 fully saturated rings. The van der Waals surface area contributed by atoms with Crippen LogP contribution in [-0.2, 0) is 0 Å². The summed E-state index contributed by atoms with van der Waals surface area (Å²) in [6, 6.07) is 22.2. The minimum atomic E-state index is -0.433. The highest BCUT2D eigenvalue weighted by molar-refractivity contribution is 6.33. The maximum absolute atomic E-state index is 12.9. The van der Waals surface area contributed by atoms with Gasteiger partial charge in [0.1, 0.15) is 12.0 Å². The fourth-order valence-corrected chi connectivity index (χ4v) is 3.81. The van der Waals surface area contributed by atoms with Gasteiger partial charge >= 0.3 is 5.69 Å². The number of carbonyl (C=O) groups is 1. The first-order valence-corrected chi connectivity index (χ1v) is 11.3. The van der Waals surface area contributed by atoms with Crippen LogP contribution < -0.4 is 16.5 Å². The van der Waals surface area contributed by atoms with Crippen LogP contribution in [0.25, 0.3) is 16.7 Å². The molecule has 0 bridgehead atoms. The summed E-state index contributed by atoms with van der Waals surface area (Å²) in [5.41, 5.74) is 8.53. The number of amides is 1. The van der Waals surface area contributed by atoms with Crippen molar-refractivity contribution in [1.29, 1.82) is 5.26 Å². The Hall–Kier alpha value is -5.27. The van der Waals surface area contributed by atoms with Gasteiger partial charge in [-0.1, -0.05) is 23.7 Å². The van der Waals surface area contributed by atoms with Crippen LogP contribution in [0.2, 0.25) is 5.02 Å². The molecule has 0 spiro atoms. The number of fused-ring (bicyclic) bond motifs is 1. The summed E-state index contributed by atoms with van der Waals surface area (Å²) >= 11 is 6.24. The first-order valence-electron chi connectivity index (χ1n) is 10.9. The Morgan fingerprint density at radius 1 is 1.05 bits per heavy atom. The lowest BCUT2D eigenvalue weighted by atomic mass is 10.2. The van der Waals surface area contributed by atoms with E-state index in [4.69, 9.17) is 16.9 Å².